The summed E-state index contributed by atoms with van der Waals surface area (Å²) in [5.74, 6) is 1.45. The second-order valence-corrected chi connectivity index (χ2v) is 9.81. The maximum atomic E-state index is 13.7. The van der Waals surface area contributed by atoms with Crippen molar-refractivity contribution < 1.29 is 9.53 Å². The quantitative estimate of drug-likeness (QED) is 0.535. The van der Waals surface area contributed by atoms with Crippen molar-refractivity contribution in [3.05, 3.63) is 47.3 Å². The van der Waals surface area contributed by atoms with Gasteiger partial charge in [-0.3, -0.25) is 9.93 Å². The standard InChI is InChI=1S/C24H31N7O2S/c1-15-13-31-22(27-23(15)29-10-8-16(25)14-29)12-19(28-31)20-5-3-4-9-30(20)24(32)18-11-17(34-26)6-7-21(18)33-2/h6-7,11-13,16,20H,3-5,8-10,14,25-26H2,1-2H3. The van der Waals surface area contributed by atoms with E-state index in [2.05, 4.69) is 11.8 Å². The molecular weight excluding hydrogens is 450 g/mol. The minimum atomic E-state index is -0.120. The average molecular weight is 482 g/mol. The van der Waals surface area contributed by atoms with Crippen LogP contribution in [0.4, 0.5) is 5.82 Å². The van der Waals surface area contributed by atoms with Crippen molar-refractivity contribution in [3.63, 3.8) is 0 Å². The van der Waals surface area contributed by atoms with Crippen molar-refractivity contribution in [3.8, 4) is 5.75 Å². The van der Waals surface area contributed by atoms with Gasteiger partial charge in [-0.2, -0.15) is 5.10 Å². The van der Waals surface area contributed by atoms with Crippen LogP contribution in [0.15, 0.2) is 35.4 Å². The molecule has 2 fully saturated rings. The summed E-state index contributed by atoms with van der Waals surface area (Å²) in [6, 6.07) is 7.54. The van der Waals surface area contributed by atoms with E-state index in [1.807, 2.05) is 27.7 Å². The zero-order valence-electron chi connectivity index (χ0n) is 19.6. The number of hydrogen-bond donors (Lipinski definition) is 2. The SMILES string of the molecule is COc1ccc(SN)cc1C(=O)N1CCCCC1c1cc2nc(N3CCC(N)C3)c(C)cn2n1. The number of nitrogens with zero attached hydrogens (tertiary/aromatic N) is 5. The lowest BCUT2D eigenvalue weighted by Crippen LogP contribution is -2.38. The minimum absolute atomic E-state index is 0.0645. The summed E-state index contributed by atoms with van der Waals surface area (Å²) in [4.78, 5) is 23.6. The molecule has 34 heavy (non-hydrogen) atoms. The smallest absolute Gasteiger partial charge is 0.258 e. The van der Waals surface area contributed by atoms with Crippen molar-refractivity contribution >= 4 is 29.3 Å². The van der Waals surface area contributed by atoms with E-state index in [0.29, 0.717) is 17.9 Å². The molecule has 9 nitrogen and oxygen atoms in total. The van der Waals surface area contributed by atoms with E-state index in [0.717, 1.165) is 78.3 Å². The molecule has 1 aromatic carbocycles. The number of anilines is 1. The highest BCUT2D eigenvalue weighted by Gasteiger charge is 2.32. The summed E-state index contributed by atoms with van der Waals surface area (Å²) in [6.45, 7) is 4.46. The molecule has 180 valence electrons. The number of carbonyl (C=O) groups is 1. The number of aromatic nitrogens is 3. The number of ether oxygens (including phenoxy) is 1. The first-order valence-corrected chi connectivity index (χ1v) is 12.6. The molecule has 0 aliphatic carbocycles. The van der Waals surface area contributed by atoms with Crippen LogP contribution in [-0.2, 0) is 0 Å². The van der Waals surface area contributed by atoms with Crippen LogP contribution in [0, 0.1) is 6.92 Å². The summed E-state index contributed by atoms with van der Waals surface area (Å²) < 4.78 is 7.31. The topological polar surface area (TPSA) is 115 Å². The second-order valence-electron chi connectivity index (χ2n) is 9.10. The van der Waals surface area contributed by atoms with E-state index in [4.69, 9.17) is 25.7 Å². The first kappa shape index (κ1) is 22.9. The Kier molecular flexibility index (Phi) is 6.37. The first-order valence-electron chi connectivity index (χ1n) is 11.7. The normalized spacial score (nSPS) is 20.8. The maximum Gasteiger partial charge on any atom is 0.258 e. The van der Waals surface area contributed by atoms with E-state index in [1.54, 1.807) is 19.2 Å². The van der Waals surface area contributed by atoms with Crippen LogP contribution in [0.1, 0.15) is 53.3 Å². The molecule has 0 radical (unpaired) electrons. The van der Waals surface area contributed by atoms with Crippen LogP contribution in [0.5, 0.6) is 5.75 Å². The highest BCUT2D eigenvalue weighted by molar-refractivity contribution is 7.97. The number of nitrogens with two attached hydrogens (primary N) is 2. The number of hydrogen-bond acceptors (Lipinski definition) is 8. The van der Waals surface area contributed by atoms with E-state index >= 15 is 0 Å². The van der Waals surface area contributed by atoms with Crippen LogP contribution in [-0.4, -0.2) is 58.2 Å². The van der Waals surface area contributed by atoms with Gasteiger partial charge < -0.3 is 20.3 Å². The summed E-state index contributed by atoms with van der Waals surface area (Å²) in [5.41, 5.74) is 9.35. The van der Waals surface area contributed by atoms with Crippen LogP contribution >= 0.6 is 11.9 Å². The number of likely N-dealkylation sites (tertiary alicyclic amines) is 1. The van der Waals surface area contributed by atoms with Crippen molar-refractivity contribution in [2.75, 3.05) is 31.6 Å². The zero-order valence-corrected chi connectivity index (χ0v) is 20.4. The number of rotatable bonds is 5. The Hall–Kier alpha value is -2.82. The third kappa shape index (κ3) is 4.21. The van der Waals surface area contributed by atoms with Crippen molar-refractivity contribution in [1.29, 1.82) is 0 Å². The van der Waals surface area contributed by atoms with Crippen molar-refractivity contribution in [1.82, 2.24) is 19.5 Å². The predicted octanol–water partition coefficient (Wildman–Crippen LogP) is 2.92. The number of piperidine rings is 1. The molecule has 2 saturated heterocycles. The summed E-state index contributed by atoms with van der Waals surface area (Å²) >= 11 is 1.12. The Bertz CT molecular complexity index is 1210. The highest BCUT2D eigenvalue weighted by atomic mass is 32.2. The number of amides is 1. The minimum Gasteiger partial charge on any atom is -0.496 e. The molecule has 2 aromatic heterocycles. The Balaban J connectivity index is 1.48. The third-order valence-electron chi connectivity index (χ3n) is 6.79. The monoisotopic (exact) mass is 481 g/mol. The predicted molar refractivity (Wildman–Crippen MR) is 133 cm³/mol. The van der Waals surface area contributed by atoms with E-state index < -0.39 is 0 Å². The summed E-state index contributed by atoms with van der Waals surface area (Å²) in [7, 11) is 1.58. The van der Waals surface area contributed by atoms with Gasteiger partial charge in [-0.1, -0.05) is 0 Å². The van der Waals surface area contributed by atoms with Gasteiger partial charge >= 0.3 is 0 Å². The van der Waals surface area contributed by atoms with Crippen molar-refractivity contribution in [2.45, 2.75) is 49.6 Å². The molecule has 0 bridgehead atoms. The zero-order chi connectivity index (χ0) is 23.8. The Morgan fingerprint density at radius 1 is 1.21 bits per heavy atom. The number of benzene rings is 1. The summed E-state index contributed by atoms with van der Waals surface area (Å²) in [6.07, 6.45) is 5.85. The molecule has 2 aliphatic heterocycles. The van der Waals surface area contributed by atoms with Gasteiger partial charge in [0, 0.05) is 48.4 Å². The third-order valence-corrected chi connectivity index (χ3v) is 7.32. The molecule has 4 heterocycles. The summed E-state index contributed by atoms with van der Waals surface area (Å²) in [5, 5.41) is 10.6. The molecule has 4 N–H and O–H groups in total. The lowest BCUT2D eigenvalue weighted by atomic mass is 9.98. The van der Waals surface area contributed by atoms with Gasteiger partial charge in [0.1, 0.15) is 11.6 Å². The lowest BCUT2D eigenvalue weighted by Gasteiger charge is -2.35. The van der Waals surface area contributed by atoms with E-state index in [9.17, 15) is 4.79 Å². The Morgan fingerprint density at radius 2 is 2.06 bits per heavy atom. The van der Waals surface area contributed by atoms with Gasteiger partial charge in [0.05, 0.1) is 24.4 Å². The molecule has 3 aromatic rings. The number of fused-ring (bicyclic) bond motifs is 1. The van der Waals surface area contributed by atoms with Crippen LogP contribution in [0.25, 0.3) is 5.65 Å². The van der Waals surface area contributed by atoms with Gasteiger partial charge in [0.2, 0.25) is 0 Å². The molecule has 2 unspecified atom stereocenters. The van der Waals surface area contributed by atoms with Crippen molar-refractivity contribution in [2.24, 2.45) is 10.9 Å². The van der Waals surface area contributed by atoms with Gasteiger partial charge in [0.25, 0.3) is 5.91 Å². The molecule has 0 saturated carbocycles. The van der Waals surface area contributed by atoms with Gasteiger partial charge in [-0.25, -0.2) is 9.50 Å². The van der Waals surface area contributed by atoms with Gasteiger partial charge in [-0.15, -0.1) is 0 Å². The molecule has 2 atom stereocenters. The largest absolute Gasteiger partial charge is 0.496 e. The van der Waals surface area contributed by atoms with Crippen LogP contribution in [0.3, 0.4) is 0 Å². The molecule has 10 heteroatoms. The lowest BCUT2D eigenvalue weighted by molar-refractivity contribution is 0.0602. The highest BCUT2D eigenvalue weighted by Crippen LogP contribution is 2.35. The first-order chi connectivity index (χ1) is 16.5. The number of methoxy groups -OCH3 is 1. The Morgan fingerprint density at radius 3 is 2.79 bits per heavy atom. The fraction of sp³-hybridized carbons (Fsp3) is 0.458. The number of carbonyl (C=O) groups excluding carboxylic acids is 1. The fourth-order valence-electron chi connectivity index (χ4n) is 5.05. The average Bonchev–Trinajstić information content (AvgIpc) is 3.48. The fourth-order valence-corrected chi connectivity index (χ4v) is 5.38. The maximum absolute atomic E-state index is 13.7. The van der Waals surface area contributed by atoms with Crippen LogP contribution in [0.2, 0.25) is 0 Å². The number of aryl methyl sites for hydroxylation is 1. The molecule has 0 spiro atoms. The molecular formula is C24H31N7O2S. The molecule has 2 aliphatic rings. The van der Waals surface area contributed by atoms with Crippen LogP contribution < -0.4 is 20.5 Å². The van der Waals surface area contributed by atoms with E-state index in [1.165, 1.54) is 0 Å². The van der Waals surface area contributed by atoms with Gasteiger partial charge in [0.15, 0.2) is 5.65 Å². The Labute approximate surface area is 203 Å². The second kappa shape index (κ2) is 9.44. The molecule has 5 rings (SSSR count). The molecule has 1 amide bonds. The van der Waals surface area contributed by atoms with Gasteiger partial charge in [-0.05, 0) is 62.8 Å². The van der Waals surface area contributed by atoms with E-state index in [-0.39, 0.29) is 18.0 Å².